The summed E-state index contributed by atoms with van der Waals surface area (Å²) >= 11 is 0. The van der Waals surface area contributed by atoms with Crippen LogP contribution in [0, 0.1) is 0 Å². The smallest absolute Gasteiger partial charge is 0.123 e. The fraction of sp³-hybridized carbons (Fsp3) is 0.333. The summed E-state index contributed by atoms with van der Waals surface area (Å²) in [6, 6.07) is 5.80. The van der Waals surface area contributed by atoms with Crippen molar-refractivity contribution in [3.05, 3.63) is 35.8 Å². The zero-order valence-electron chi connectivity index (χ0n) is 11.6. The van der Waals surface area contributed by atoms with Crippen molar-refractivity contribution in [1.82, 2.24) is 15.3 Å². The zero-order chi connectivity index (χ0) is 13.9. The first-order valence-corrected chi connectivity index (χ1v) is 6.58. The quantitative estimate of drug-likeness (QED) is 0.922. The molecular formula is C15H17N3O2. The van der Waals surface area contributed by atoms with Gasteiger partial charge in [-0.3, -0.25) is 0 Å². The summed E-state index contributed by atoms with van der Waals surface area (Å²) in [6.45, 7) is 1.76. The Hall–Kier alpha value is -2.14. The summed E-state index contributed by atoms with van der Waals surface area (Å²) in [5.74, 6) is 1.52. The lowest BCUT2D eigenvalue weighted by molar-refractivity contribution is 0.394. The predicted molar refractivity (Wildman–Crippen MR) is 76.0 cm³/mol. The van der Waals surface area contributed by atoms with Crippen LogP contribution >= 0.6 is 0 Å². The van der Waals surface area contributed by atoms with Gasteiger partial charge in [0.15, 0.2) is 0 Å². The van der Waals surface area contributed by atoms with Gasteiger partial charge in [0.1, 0.15) is 17.8 Å². The number of nitrogens with one attached hydrogen (secondary N) is 1. The molecule has 0 amide bonds. The maximum absolute atomic E-state index is 5.32. The lowest BCUT2D eigenvalue weighted by Crippen LogP contribution is -2.25. The van der Waals surface area contributed by atoms with Crippen molar-refractivity contribution in [1.29, 1.82) is 0 Å². The lowest BCUT2D eigenvalue weighted by Gasteiger charge is -2.19. The van der Waals surface area contributed by atoms with Gasteiger partial charge in [-0.05, 0) is 12.1 Å². The molecule has 0 saturated carbocycles. The molecule has 1 N–H and O–H groups in total. The number of rotatable bonds is 3. The van der Waals surface area contributed by atoms with Crippen molar-refractivity contribution >= 4 is 0 Å². The molecule has 0 bridgehead atoms. The van der Waals surface area contributed by atoms with E-state index in [1.54, 1.807) is 20.5 Å². The van der Waals surface area contributed by atoms with Gasteiger partial charge in [0, 0.05) is 36.7 Å². The van der Waals surface area contributed by atoms with Crippen LogP contribution in [0.4, 0.5) is 0 Å². The molecule has 20 heavy (non-hydrogen) atoms. The molecule has 5 heteroatoms. The second-order valence-electron chi connectivity index (χ2n) is 4.68. The first kappa shape index (κ1) is 12.9. The van der Waals surface area contributed by atoms with Crippen molar-refractivity contribution in [2.75, 3.05) is 20.8 Å². The average molecular weight is 271 g/mol. The van der Waals surface area contributed by atoms with E-state index >= 15 is 0 Å². The standard InChI is InChI=1S/C15H17N3O2/c1-19-11-5-10(6-12(7-11)20-2)15-13-8-16-4-3-14(13)17-9-18-15/h5-7,9,16H,3-4,8H2,1-2H3. The third-order valence-electron chi connectivity index (χ3n) is 3.50. The molecule has 0 spiro atoms. The summed E-state index contributed by atoms with van der Waals surface area (Å²) in [5, 5.41) is 3.37. The van der Waals surface area contributed by atoms with Crippen LogP contribution in [0.5, 0.6) is 11.5 Å². The molecule has 2 aromatic rings. The van der Waals surface area contributed by atoms with Crippen LogP contribution in [-0.4, -0.2) is 30.7 Å². The maximum Gasteiger partial charge on any atom is 0.123 e. The van der Waals surface area contributed by atoms with Crippen LogP contribution in [0.3, 0.4) is 0 Å². The van der Waals surface area contributed by atoms with Crippen LogP contribution in [0.2, 0.25) is 0 Å². The highest BCUT2D eigenvalue weighted by molar-refractivity contribution is 5.67. The van der Waals surface area contributed by atoms with Gasteiger partial charge in [-0.25, -0.2) is 9.97 Å². The molecule has 0 atom stereocenters. The highest BCUT2D eigenvalue weighted by Crippen LogP contribution is 2.31. The fourth-order valence-corrected chi connectivity index (χ4v) is 2.46. The number of methoxy groups -OCH3 is 2. The monoisotopic (exact) mass is 271 g/mol. The number of hydrogen-bond donors (Lipinski definition) is 1. The highest BCUT2D eigenvalue weighted by Gasteiger charge is 2.17. The zero-order valence-corrected chi connectivity index (χ0v) is 11.6. The number of fused-ring (bicyclic) bond motifs is 1. The van der Waals surface area contributed by atoms with Crippen LogP contribution in [0.1, 0.15) is 11.3 Å². The molecule has 0 aliphatic carbocycles. The summed E-state index contributed by atoms with van der Waals surface area (Å²) in [5.41, 5.74) is 4.22. The molecule has 0 radical (unpaired) electrons. The number of hydrogen-bond acceptors (Lipinski definition) is 5. The van der Waals surface area contributed by atoms with Crippen LogP contribution in [0.15, 0.2) is 24.5 Å². The van der Waals surface area contributed by atoms with Crippen molar-refractivity contribution in [3.8, 4) is 22.8 Å². The van der Waals surface area contributed by atoms with Crippen molar-refractivity contribution in [3.63, 3.8) is 0 Å². The molecular weight excluding hydrogens is 254 g/mol. The van der Waals surface area contributed by atoms with Gasteiger partial charge in [-0.1, -0.05) is 0 Å². The van der Waals surface area contributed by atoms with E-state index in [9.17, 15) is 0 Å². The molecule has 5 nitrogen and oxygen atoms in total. The predicted octanol–water partition coefficient (Wildman–Crippen LogP) is 1.81. The Kier molecular flexibility index (Phi) is 3.52. The summed E-state index contributed by atoms with van der Waals surface area (Å²) in [4.78, 5) is 8.83. The highest BCUT2D eigenvalue weighted by atomic mass is 16.5. The largest absolute Gasteiger partial charge is 0.497 e. The molecule has 1 aromatic heterocycles. The summed E-state index contributed by atoms with van der Waals surface area (Å²) in [6.07, 6.45) is 2.57. The van der Waals surface area contributed by atoms with E-state index < -0.39 is 0 Å². The molecule has 104 valence electrons. The molecule has 0 fully saturated rings. The minimum absolute atomic E-state index is 0.760. The minimum atomic E-state index is 0.760. The topological polar surface area (TPSA) is 56.3 Å². The van der Waals surface area contributed by atoms with E-state index in [1.807, 2.05) is 18.2 Å². The Labute approximate surface area is 118 Å². The molecule has 2 heterocycles. The summed E-state index contributed by atoms with van der Waals surface area (Å²) in [7, 11) is 3.30. The Bertz CT molecular complexity index is 606. The average Bonchev–Trinajstić information content (AvgIpc) is 2.53. The third-order valence-corrected chi connectivity index (χ3v) is 3.50. The molecule has 1 aliphatic heterocycles. The van der Waals surface area contributed by atoms with Gasteiger partial charge >= 0.3 is 0 Å². The first-order valence-electron chi connectivity index (χ1n) is 6.58. The maximum atomic E-state index is 5.32. The normalized spacial score (nSPS) is 13.7. The number of nitrogens with zero attached hydrogens (tertiary/aromatic N) is 2. The van der Waals surface area contributed by atoms with E-state index in [0.717, 1.165) is 53.5 Å². The van der Waals surface area contributed by atoms with Gasteiger partial charge in [0.2, 0.25) is 0 Å². The Morgan fingerprint density at radius 3 is 2.50 bits per heavy atom. The van der Waals surface area contributed by atoms with Crippen molar-refractivity contribution in [2.24, 2.45) is 0 Å². The van der Waals surface area contributed by atoms with Gasteiger partial charge in [-0.2, -0.15) is 0 Å². The SMILES string of the molecule is COc1cc(OC)cc(-c2ncnc3c2CNCC3)c1. The molecule has 3 rings (SSSR count). The second kappa shape index (κ2) is 5.46. The number of aromatic nitrogens is 2. The Morgan fingerprint density at radius 1 is 1.05 bits per heavy atom. The third kappa shape index (κ3) is 2.32. The van der Waals surface area contributed by atoms with Crippen LogP contribution in [0.25, 0.3) is 11.3 Å². The second-order valence-corrected chi connectivity index (χ2v) is 4.68. The van der Waals surface area contributed by atoms with E-state index in [2.05, 4.69) is 15.3 Å². The van der Waals surface area contributed by atoms with E-state index in [4.69, 9.17) is 9.47 Å². The first-order chi connectivity index (χ1) is 9.81. The Morgan fingerprint density at radius 2 is 1.80 bits per heavy atom. The fourth-order valence-electron chi connectivity index (χ4n) is 2.46. The Balaban J connectivity index is 2.13. The summed E-state index contributed by atoms with van der Waals surface area (Å²) < 4.78 is 10.6. The van der Waals surface area contributed by atoms with Gasteiger partial charge in [0.05, 0.1) is 25.6 Å². The van der Waals surface area contributed by atoms with Gasteiger partial charge < -0.3 is 14.8 Å². The number of ether oxygens (including phenoxy) is 2. The van der Waals surface area contributed by atoms with Crippen molar-refractivity contribution in [2.45, 2.75) is 13.0 Å². The molecule has 1 aliphatic rings. The van der Waals surface area contributed by atoms with Crippen LogP contribution in [-0.2, 0) is 13.0 Å². The molecule has 1 aromatic carbocycles. The van der Waals surface area contributed by atoms with E-state index in [0.29, 0.717) is 0 Å². The molecule has 0 saturated heterocycles. The van der Waals surface area contributed by atoms with Gasteiger partial charge in [-0.15, -0.1) is 0 Å². The number of benzene rings is 1. The van der Waals surface area contributed by atoms with Gasteiger partial charge in [0.25, 0.3) is 0 Å². The lowest BCUT2D eigenvalue weighted by atomic mass is 10.00. The van der Waals surface area contributed by atoms with E-state index in [1.165, 1.54) is 0 Å². The van der Waals surface area contributed by atoms with Crippen LogP contribution < -0.4 is 14.8 Å². The molecule has 0 unspecified atom stereocenters. The van der Waals surface area contributed by atoms with E-state index in [-0.39, 0.29) is 0 Å². The van der Waals surface area contributed by atoms with Crippen molar-refractivity contribution < 1.29 is 9.47 Å². The minimum Gasteiger partial charge on any atom is -0.497 e.